The number of fused-ring (bicyclic) bond motifs is 2. The summed E-state index contributed by atoms with van der Waals surface area (Å²) in [6.45, 7) is 5.47. The van der Waals surface area contributed by atoms with Crippen molar-refractivity contribution in [2.45, 2.75) is 19.4 Å². The summed E-state index contributed by atoms with van der Waals surface area (Å²) in [7, 11) is 3.15. The third-order valence-corrected chi connectivity index (χ3v) is 4.69. The van der Waals surface area contributed by atoms with Crippen molar-refractivity contribution in [3.63, 3.8) is 0 Å². The van der Waals surface area contributed by atoms with Gasteiger partial charge < -0.3 is 24.6 Å². The van der Waals surface area contributed by atoms with E-state index in [0.29, 0.717) is 33.3 Å². The fourth-order valence-corrected chi connectivity index (χ4v) is 3.33. The van der Waals surface area contributed by atoms with Gasteiger partial charge >= 0.3 is 0 Å². The van der Waals surface area contributed by atoms with E-state index >= 15 is 0 Å². The van der Waals surface area contributed by atoms with E-state index < -0.39 is 11.5 Å². The molecule has 6 nitrogen and oxygen atoms in total. The van der Waals surface area contributed by atoms with Gasteiger partial charge in [-0.05, 0) is 19.1 Å². The lowest BCUT2D eigenvalue weighted by molar-refractivity contribution is 0.210. The minimum atomic E-state index is -0.841. The SMILES string of the molecule is C=C(C)[C@H](O)Cc1c(OC)cc(O)c2c(=O)c3cccc(O)c3n(C)c12. The number of hydrogen-bond donors (Lipinski definition) is 3. The molecule has 0 saturated carbocycles. The zero-order valence-corrected chi connectivity index (χ0v) is 14.9. The number of benzene rings is 2. The van der Waals surface area contributed by atoms with Gasteiger partial charge in [0, 0.05) is 25.1 Å². The highest BCUT2D eigenvalue weighted by atomic mass is 16.5. The minimum absolute atomic E-state index is 0.0438. The first-order chi connectivity index (χ1) is 12.3. The number of phenols is 2. The number of para-hydroxylation sites is 1. The number of methoxy groups -OCH3 is 1. The summed E-state index contributed by atoms with van der Waals surface area (Å²) in [5, 5.41) is 31.4. The predicted molar refractivity (Wildman–Crippen MR) is 101 cm³/mol. The van der Waals surface area contributed by atoms with Crippen LogP contribution >= 0.6 is 0 Å². The maximum atomic E-state index is 13.0. The van der Waals surface area contributed by atoms with Crippen LogP contribution < -0.4 is 10.2 Å². The molecule has 0 radical (unpaired) electrons. The Labute approximate surface area is 150 Å². The fraction of sp³-hybridized carbons (Fsp3) is 0.250. The molecule has 0 spiro atoms. The Morgan fingerprint density at radius 3 is 2.58 bits per heavy atom. The maximum absolute atomic E-state index is 13.0. The average Bonchev–Trinajstić information content (AvgIpc) is 2.60. The first-order valence-corrected chi connectivity index (χ1v) is 8.14. The Morgan fingerprint density at radius 1 is 1.27 bits per heavy atom. The molecular weight excluding hydrogens is 334 g/mol. The summed E-state index contributed by atoms with van der Waals surface area (Å²) in [6.07, 6.45) is -0.686. The third-order valence-electron chi connectivity index (χ3n) is 4.69. The normalized spacial score (nSPS) is 12.5. The molecule has 0 amide bonds. The van der Waals surface area contributed by atoms with Crippen LogP contribution in [0.2, 0.25) is 0 Å². The molecule has 0 unspecified atom stereocenters. The van der Waals surface area contributed by atoms with E-state index in [1.54, 1.807) is 30.7 Å². The third kappa shape index (κ3) is 2.59. The van der Waals surface area contributed by atoms with Crippen molar-refractivity contribution in [1.82, 2.24) is 4.57 Å². The molecule has 0 bridgehead atoms. The van der Waals surface area contributed by atoms with E-state index in [4.69, 9.17) is 4.74 Å². The van der Waals surface area contributed by atoms with E-state index in [0.717, 1.165) is 0 Å². The molecule has 136 valence electrons. The number of aromatic hydroxyl groups is 2. The van der Waals surface area contributed by atoms with E-state index in [-0.39, 0.29) is 23.3 Å². The summed E-state index contributed by atoms with van der Waals surface area (Å²) < 4.78 is 7.02. The second-order valence-electron chi connectivity index (χ2n) is 6.43. The Bertz CT molecular complexity index is 1100. The number of aryl methyl sites for hydroxylation is 1. The highest BCUT2D eigenvalue weighted by Gasteiger charge is 2.22. The number of nitrogens with zero attached hydrogens (tertiary/aromatic N) is 1. The van der Waals surface area contributed by atoms with Crippen LogP contribution in [0.3, 0.4) is 0 Å². The maximum Gasteiger partial charge on any atom is 0.201 e. The Morgan fingerprint density at radius 2 is 1.96 bits per heavy atom. The lowest BCUT2D eigenvalue weighted by Crippen LogP contribution is -2.16. The van der Waals surface area contributed by atoms with Gasteiger partial charge in [0.2, 0.25) is 5.43 Å². The van der Waals surface area contributed by atoms with E-state index in [1.165, 1.54) is 19.2 Å². The molecule has 1 atom stereocenters. The summed E-state index contributed by atoms with van der Waals surface area (Å²) in [4.78, 5) is 13.0. The number of aliphatic hydroxyl groups is 1. The first-order valence-electron chi connectivity index (χ1n) is 8.14. The van der Waals surface area contributed by atoms with E-state index in [1.807, 2.05) is 0 Å². The minimum Gasteiger partial charge on any atom is -0.507 e. The van der Waals surface area contributed by atoms with Crippen LogP contribution in [0, 0.1) is 0 Å². The molecule has 1 heterocycles. The molecule has 26 heavy (non-hydrogen) atoms. The molecule has 6 heteroatoms. The number of ether oxygens (including phenoxy) is 1. The quantitative estimate of drug-likeness (QED) is 0.494. The zero-order valence-electron chi connectivity index (χ0n) is 14.9. The number of hydrogen-bond acceptors (Lipinski definition) is 5. The van der Waals surface area contributed by atoms with Gasteiger partial charge in [0.1, 0.15) is 17.2 Å². The number of pyridine rings is 1. The fourth-order valence-electron chi connectivity index (χ4n) is 3.33. The van der Waals surface area contributed by atoms with Crippen molar-refractivity contribution >= 4 is 21.8 Å². The number of phenolic OH excluding ortho intramolecular Hbond substituents is 2. The van der Waals surface area contributed by atoms with Crippen LogP contribution in [0.15, 0.2) is 41.2 Å². The van der Waals surface area contributed by atoms with Gasteiger partial charge in [-0.15, -0.1) is 0 Å². The van der Waals surface area contributed by atoms with Crippen molar-refractivity contribution in [2.24, 2.45) is 7.05 Å². The Hall–Kier alpha value is -2.99. The average molecular weight is 355 g/mol. The first kappa shape index (κ1) is 17.8. The van der Waals surface area contributed by atoms with Gasteiger partial charge in [0.05, 0.1) is 35.0 Å². The molecule has 0 saturated heterocycles. The van der Waals surface area contributed by atoms with Gasteiger partial charge in [-0.1, -0.05) is 18.2 Å². The molecular formula is C20H21NO5. The van der Waals surface area contributed by atoms with Crippen molar-refractivity contribution < 1.29 is 20.1 Å². The van der Waals surface area contributed by atoms with Crippen molar-refractivity contribution in [2.75, 3.05) is 7.11 Å². The molecule has 3 N–H and O–H groups in total. The molecule has 3 aromatic rings. The Kier molecular flexibility index (Phi) is 4.38. The highest BCUT2D eigenvalue weighted by Crippen LogP contribution is 2.37. The van der Waals surface area contributed by atoms with Crippen LogP contribution in [0.5, 0.6) is 17.2 Å². The summed E-state index contributed by atoms with van der Waals surface area (Å²) in [5.41, 5.74) is 1.49. The van der Waals surface area contributed by atoms with Crippen molar-refractivity contribution in [3.05, 3.63) is 52.2 Å². The van der Waals surface area contributed by atoms with E-state index in [9.17, 15) is 20.1 Å². The highest BCUT2D eigenvalue weighted by molar-refractivity contribution is 6.00. The van der Waals surface area contributed by atoms with Gasteiger partial charge in [0.15, 0.2) is 0 Å². The second kappa shape index (κ2) is 6.38. The van der Waals surface area contributed by atoms with Gasteiger partial charge in [-0.3, -0.25) is 4.79 Å². The smallest absolute Gasteiger partial charge is 0.201 e. The molecule has 0 fully saturated rings. The Balaban J connectivity index is 2.55. The van der Waals surface area contributed by atoms with Crippen molar-refractivity contribution in [3.8, 4) is 17.2 Å². The molecule has 2 aromatic carbocycles. The van der Waals surface area contributed by atoms with Crippen LogP contribution in [-0.2, 0) is 13.5 Å². The summed E-state index contributed by atoms with van der Waals surface area (Å²) in [5.74, 6) is 0.0917. The van der Waals surface area contributed by atoms with Gasteiger partial charge in [-0.2, -0.15) is 0 Å². The van der Waals surface area contributed by atoms with Crippen LogP contribution in [0.25, 0.3) is 21.8 Å². The van der Waals surface area contributed by atoms with Gasteiger partial charge in [0.25, 0.3) is 0 Å². The zero-order chi connectivity index (χ0) is 19.2. The number of aliphatic hydroxyl groups excluding tert-OH is 1. The second-order valence-corrected chi connectivity index (χ2v) is 6.43. The largest absolute Gasteiger partial charge is 0.507 e. The summed E-state index contributed by atoms with van der Waals surface area (Å²) in [6, 6.07) is 6.05. The van der Waals surface area contributed by atoms with E-state index in [2.05, 4.69) is 6.58 Å². The standard InChI is InChI=1S/C20H21NO5/c1-10(2)14(23)8-12-16(26-4)9-15(24)17-19(12)21(3)18-11(20(17)25)6-5-7-13(18)22/h5-7,9,14,22-24H,1,8H2,2-4H3/t14-/m1/s1. The van der Waals surface area contributed by atoms with Gasteiger partial charge in [-0.25, -0.2) is 0 Å². The predicted octanol–water partition coefficient (Wildman–Crippen LogP) is 2.59. The van der Waals surface area contributed by atoms with Crippen LogP contribution in [0.4, 0.5) is 0 Å². The molecule has 0 aliphatic heterocycles. The molecule has 0 aliphatic carbocycles. The molecule has 3 rings (SSSR count). The molecule has 0 aliphatic rings. The monoisotopic (exact) mass is 355 g/mol. The lowest BCUT2D eigenvalue weighted by Gasteiger charge is -2.20. The topological polar surface area (TPSA) is 91.9 Å². The summed E-state index contributed by atoms with van der Waals surface area (Å²) >= 11 is 0. The van der Waals surface area contributed by atoms with Crippen molar-refractivity contribution in [1.29, 1.82) is 0 Å². The number of aromatic nitrogens is 1. The van der Waals surface area contributed by atoms with Crippen LogP contribution in [0.1, 0.15) is 12.5 Å². The molecule has 1 aromatic heterocycles. The number of rotatable bonds is 4. The lowest BCUT2D eigenvalue weighted by atomic mass is 9.97. The van der Waals surface area contributed by atoms with Crippen LogP contribution in [-0.4, -0.2) is 33.1 Å².